The number of para-hydroxylation sites is 1. The average Bonchev–Trinajstić information content (AvgIpc) is 2.90. The molecule has 0 bridgehead atoms. The number of hydrazone groups is 1. The van der Waals surface area contributed by atoms with Gasteiger partial charge in [0.05, 0.1) is 16.2 Å². The monoisotopic (exact) mass is 423 g/mol. The maximum atomic E-state index is 13.4. The first-order valence-electron chi connectivity index (χ1n) is 10.3. The summed E-state index contributed by atoms with van der Waals surface area (Å²) in [4.78, 5) is 35.9. The van der Waals surface area contributed by atoms with Crippen LogP contribution in [-0.4, -0.2) is 34.3 Å². The minimum absolute atomic E-state index is 0.139. The van der Waals surface area contributed by atoms with Crippen LogP contribution in [0.2, 0.25) is 0 Å². The molecular formula is C22H23N4O5+. The van der Waals surface area contributed by atoms with Crippen LogP contribution in [0.3, 0.4) is 0 Å². The van der Waals surface area contributed by atoms with Gasteiger partial charge in [-0.25, -0.2) is 9.59 Å². The maximum Gasteiger partial charge on any atom is 0.447 e. The second-order valence-corrected chi connectivity index (χ2v) is 7.90. The van der Waals surface area contributed by atoms with Gasteiger partial charge in [-0.05, 0) is 18.9 Å². The van der Waals surface area contributed by atoms with Gasteiger partial charge in [-0.1, -0.05) is 31.4 Å². The highest BCUT2D eigenvalue weighted by Crippen LogP contribution is 2.41. The van der Waals surface area contributed by atoms with Crippen molar-refractivity contribution in [2.24, 2.45) is 11.0 Å². The van der Waals surface area contributed by atoms with E-state index >= 15 is 0 Å². The molecule has 2 aromatic rings. The number of nitro groups is 1. The molecule has 2 N–H and O–H groups in total. The Labute approximate surface area is 178 Å². The molecular weight excluding hydrogens is 400 g/mol. The Hall–Kier alpha value is -3.59. The zero-order valence-corrected chi connectivity index (χ0v) is 16.9. The molecule has 2 aliphatic rings. The van der Waals surface area contributed by atoms with Crippen LogP contribution in [0.5, 0.6) is 0 Å². The molecule has 2 amide bonds. The van der Waals surface area contributed by atoms with E-state index in [-0.39, 0.29) is 11.6 Å². The molecule has 1 aliphatic carbocycles. The van der Waals surface area contributed by atoms with E-state index in [1.54, 1.807) is 12.1 Å². The third kappa shape index (κ3) is 3.68. The number of nitrogens with zero attached hydrogens (tertiary/aromatic N) is 3. The molecule has 31 heavy (non-hydrogen) atoms. The highest BCUT2D eigenvalue weighted by molar-refractivity contribution is 6.12. The van der Waals surface area contributed by atoms with Gasteiger partial charge in [0.25, 0.3) is 5.69 Å². The van der Waals surface area contributed by atoms with Crippen LogP contribution in [0.15, 0.2) is 53.6 Å². The van der Waals surface area contributed by atoms with E-state index in [4.69, 9.17) is 0 Å². The smallest absolute Gasteiger partial charge is 0.447 e. The summed E-state index contributed by atoms with van der Waals surface area (Å²) in [6, 6.07) is 12.0. The summed E-state index contributed by atoms with van der Waals surface area (Å²) in [7, 11) is 0. The highest BCUT2D eigenvalue weighted by Gasteiger charge is 2.48. The lowest BCUT2D eigenvalue weighted by atomic mass is 9.82. The molecule has 9 nitrogen and oxygen atoms in total. The summed E-state index contributed by atoms with van der Waals surface area (Å²) >= 11 is 0. The predicted octanol–water partition coefficient (Wildman–Crippen LogP) is 4.33. The normalized spacial score (nSPS) is 21.4. The third-order valence-electron chi connectivity index (χ3n) is 6.08. The molecule has 0 radical (unpaired) electrons. The van der Waals surface area contributed by atoms with Crippen molar-refractivity contribution in [3.63, 3.8) is 0 Å². The number of carboxylic acid groups (broad SMARTS) is 1. The van der Waals surface area contributed by atoms with Crippen molar-refractivity contribution in [3.8, 4) is 0 Å². The Kier molecular flexibility index (Phi) is 5.51. The van der Waals surface area contributed by atoms with Gasteiger partial charge < -0.3 is 5.11 Å². The minimum Gasteiger partial charge on any atom is -0.477 e. The van der Waals surface area contributed by atoms with Crippen molar-refractivity contribution in [3.05, 3.63) is 64.2 Å². The van der Waals surface area contributed by atoms with Gasteiger partial charge in [-0.3, -0.25) is 10.1 Å². The number of carbonyl (C=O) groups excluding carboxylic acids is 1. The first-order chi connectivity index (χ1) is 14.9. The molecule has 1 aliphatic heterocycles. The first kappa shape index (κ1) is 20.7. The third-order valence-corrected chi connectivity index (χ3v) is 6.08. The Morgan fingerprint density at radius 2 is 1.81 bits per heavy atom. The maximum absolute atomic E-state index is 13.4. The molecule has 0 saturated heterocycles. The van der Waals surface area contributed by atoms with E-state index in [9.17, 15) is 24.8 Å². The number of carbonyl (C=O) groups is 2. The molecule has 160 valence electrons. The standard InChI is InChI=1S/C22H22N4O5/c27-20(28)14-26(17-12-10-16(11-13-17)25(30)31)19-9-5-4-8-18(19)21(23-24-22(26)29)15-6-2-1-3-7-15/h4-5,8-13,15H,1-3,6-7,14H2,(H-,24,27,28,29)/p+1. The summed E-state index contributed by atoms with van der Waals surface area (Å²) in [5.74, 6) is -0.999. The van der Waals surface area contributed by atoms with E-state index < -0.39 is 28.0 Å². The van der Waals surface area contributed by atoms with Gasteiger partial charge in [-0.2, -0.15) is 15.0 Å². The van der Waals surface area contributed by atoms with Crippen molar-refractivity contribution in [1.29, 1.82) is 0 Å². The number of carboxylic acids is 1. The molecule has 1 atom stereocenters. The molecule has 1 unspecified atom stereocenters. The Bertz CT molecular complexity index is 1060. The first-order valence-corrected chi connectivity index (χ1v) is 10.3. The van der Waals surface area contributed by atoms with Crippen LogP contribution in [-0.2, 0) is 4.79 Å². The molecule has 4 rings (SSSR count). The zero-order chi connectivity index (χ0) is 22.0. The number of fused-ring (bicyclic) bond motifs is 1. The van der Waals surface area contributed by atoms with Gasteiger partial charge in [0.1, 0.15) is 5.69 Å². The average molecular weight is 423 g/mol. The fourth-order valence-electron chi connectivity index (χ4n) is 4.61. The minimum atomic E-state index is -1.18. The SMILES string of the molecule is O=C(O)C[N+]1(c2ccc([N+](=O)[O-])cc2)C(=O)NN=C(C2CCCCC2)c2ccccc21. The van der Waals surface area contributed by atoms with E-state index in [0.29, 0.717) is 11.4 Å². The molecule has 1 saturated carbocycles. The van der Waals surface area contributed by atoms with Crippen LogP contribution in [0.25, 0.3) is 0 Å². The van der Waals surface area contributed by atoms with Crippen LogP contribution >= 0.6 is 0 Å². The summed E-state index contributed by atoms with van der Waals surface area (Å²) in [5, 5.41) is 25.3. The Morgan fingerprint density at radius 3 is 2.45 bits per heavy atom. The fraction of sp³-hybridized carbons (Fsp3) is 0.318. The van der Waals surface area contributed by atoms with Gasteiger partial charge in [0, 0.05) is 36.2 Å². The van der Waals surface area contributed by atoms with Crippen molar-refractivity contribution in [2.45, 2.75) is 32.1 Å². The van der Waals surface area contributed by atoms with Crippen molar-refractivity contribution in [2.75, 3.05) is 6.54 Å². The number of non-ortho nitro benzene ring substituents is 1. The van der Waals surface area contributed by atoms with Gasteiger partial charge in [0.15, 0.2) is 12.2 Å². The molecule has 1 fully saturated rings. The number of benzene rings is 2. The number of amides is 2. The van der Waals surface area contributed by atoms with Crippen molar-refractivity contribution >= 4 is 34.8 Å². The van der Waals surface area contributed by atoms with E-state index in [1.807, 2.05) is 12.1 Å². The lowest BCUT2D eigenvalue weighted by Gasteiger charge is -2.32. The number of aliphatic carboxylic acids is 1. The number of urea groups is 1. The zero-order valence-electron chi connectivity index (χ0n) is 16.9. The second-order valence-electron chi connectivity index (χ2n) is 7.90. The van der Waals surface area contributed by atoms with Crippen LogP contribution in [0.4, 0.5) is 21.9 Å². The predicted molar refractivity (Wildman–Crippen MR) is 115 cm³/mol. The molecule has 0 aromatic heterocycles. The number of quaternary nitrogens is 1. The van der Waals surface area contributed by atoms with Crippen LogP contribution < -0.4 is 9.91 Å². The van der Waals surface area contributed by atoms with Crippen molar-refractivity contribution < 1.29 is 19.6 Å². The quantitative estimate of drug-likeness (QED) is 0.421. The van der Waals surface area contributed by atoms with E-state index in [1.165, 1.54) is 30.7 Å². The highest BCUT2D eigenvalue weighted by atomic mass is 16.6. The van der Waals surface area contributed by atoms with Crippen LogP contribution in [0.1, 0.15) is 37.7 Å². The van der Waals surface area contributed by atoms with Crippen LogP contribution in [0, 0.1) is 16.0 Å². The van der Waals surface area contributed by atoms with Crippen molar-refractivity contribution in [1.82, 2.24) is 9.91 Å². The number of nitrogens with one attached hydrogen (secondary N) is 1. The van der Waals surface area contributed by atoms with Gasteiger partial charge >= 0.3 is 12.0 Å². The summed E-state index contributed by atoms with van der Waals surface area (Å²) in [6.45, 7) is -0.561. The Morgan fingerprint density at radius 1 is 1.13 bits per heavy atom. The summed E-state index contributed by atoms with van der Waals surface area (Å²) in [5.41, 5.74) is 4.76. The summed E-state index contributed by atoms with van der Waals surface area (Å²) < 4.78 is -0.663. The summed E-state index contributed by atoms with van der Waals surface area (Å²) in [6.07, 6.45) is 5.24. The van der Waals surface area contributed by atoms with Gasteiger partial charge in [0.2, 0.25) is 0 Å². The number of nitro benzene ring substituents is 1. The Balaban J connectivity index is 1.92. The van der Waals surface area contributed by atoms with E-state index in [0.717, 1.165) is 37.0 Å². The lowest BCUT2D eigenvalue weighted by Crippen LogP contribution is -2.56. The number of rotatable bonds is 5. The van der Waals surface area contributed by atoms with Gasteiger partial charge in [-0.15, -0.1) is 0 Å². The second kappa shape index (κ2) is 8.27. The van der Waals surface area contributed by atoms with E-state index in [2.05, 4.69) is 10.5 Å². The fourth-order valence-corrected chi connectivity index (χ4v) is 4.61. The molecule has 9 heteroatoms. The largest absolute Gasteiger partial charge is 0.477 e. The molecule has 1 heterocycles. The molecule has 0 spiro atoms. The molecule has 2 aromatic carbocycles. The lowest BCUT2D eigenvalue weighted by molar-refractivity contribution is -0.384. The topological polar surface area (TPSA) is 122 Å². The number of hydrogen-bond donors (Lipinski definition) is 2. The number of hydrogen-bond acceptors (Lipinski definition) is 5.